The molecule has 1 aromatic heterocycles. The van der Waals surface area contributed by atoms with E-state index < -0.39 is 0 Å². The summed E-state index contributed by atoms with van der Waals surface area (Å²) in [5.74, 6) is 0. The predicted molar refractivity (Wildman–Crippen MR) is 18.8 cm³/mol. The monoisotopic (exact) mass is 86.0 g/mol. The number of H-pyrrole nitrogens is 1. The van der Waals surface area contributed by atoms with E-state index in [0.29, 0.717) is 0 Å². The summed E-state index contributed by atoms with van der Waals surface area (Å²) in [5, 5.41) is 5.81. The lowest BCUT2D eigenvalue weighted by molar-refractivity contribution is 0.824. The van der Waals surface area contributed by atoms with Crippen LogP contribution in [-0.4, -0.2) is 20.7 Å². The van der Waals surface area contributed by atoms with Crippen molar-refractivity contribution in [1.29, 1.82) is 0 Å². The van der Waals surface area contributed by atoms with Crippen molar-refractivity contribution in [2.45, 2.75) is 0 Å². The molecule has 1 heterocycles. The molecule has 1 radical (unpaired) electrons. The summed E-state index contributed by atoms with van der Waals surface area (Å²) in [6.45, 7) is 0. The Balaban J connectivity index is 0.000000250. The van der Waals surface area contributed by atoms with Gasteiger partial charge in [0.2, 0.25) is 6.33 Å². The van der Waals surface area contributed by atoms with Crippen molar-refractivity contribution in [3.05, 3.63) is 12.7 Å². The molecule has 0 fully saturated rings. The fourth-order valence-electron chi connectivity index (χ4n) is 0.144. The Bertz CT molecular complexity index is 65.3. The fourth-order valence-corrected chi connectivity index (χ4v) is 0.144. The largest absolute Gasteiger partial charge is 0.412 e. The maximum Gasteiger partial charge on any atom is 0.220 e. The Morgan fingerprint density at radius 1 is 1.67 bits per heavy atom. The first-order valence-corrected chi connectivity index (χ1v) is 1.22. The van der Waals surface area contributed by atoms with Gasteiger partial charge >= 0.3 is 0 Å². The van der Waals surface area contributed by atoms with Crippen LogP contribution < -0.4 is 0 Å². The van der Waals surface area contributed by atoms with Crippen molar-refractivity contribution < 1.29 is 5.48 Å². The van der Waals surface area contributed by atoms with Crippen LogP contribution in [0.3, 0.4) is 0 Å². The van der Waals surface area contributed by atoms with Gasteiger partial charge in [-0.05, 0) is 0 Å². The molecule has 33 valence electrons. The third-order valence-corrected chi connectivity index (χ3v) is 0.295. The first-order valence-electron chi connectivity index (χ1n) is 1.22. The Kier molecular flexibility index (Phi) is 1.99. The molecule has 0 aliphatic heterocycles. The van der Waals surface area contributed by atoms with Crippen LogP contribution >= 0.6 is 0 Å². The molecule has 6 heavy (non-hydrogen) atoms. The highest BCUT2D eigenvalue weighted by Crippen LogP contribution is 1.51. The molecule has 0 unspecified atom stereocenters. The molecular weight excluding hydrogens is 82.0 g/mol. The van der Waals surface area contributed by atoms with Crippen LogP contribution in [-0.2, 0) is 0 Å². The van der Waals surface area contributed by atoms with Gasteiger partial charge in [0.1, 0.15) is 6.33 Å². The summed E-state index contributed by atoms with van der Waals surface area (Å²) >= 11 is 0. The number of rotatable bonds is 0. The van der Waals surface area contributed by atoms with E-state index in [-0.39, 0.29) is 5.48 Å². The summed E-state index contributed by atoms with van der Waals surface area (Å²) < 4.78 is 0. The second kappa shape index (κ2) is 2.34. The summed E-state index contributed by atoms with van der Waals surface area (Å²) in [7, 11) is 0. The maximum atomic E-state index is 3.43. The van der Waals surface area contributed by atoms with Gasteiger partial charge in [0.25, 0.3) is 0 Å². The molecule has 4 heteroatoms. The van der Waals surface area contributed by atoms with E-state index in [4.69, 9.17) is 0 Å². The van der Waals surface area contributed by atoms with Crippen LogP contribution in [0.1, 0.15) is 0 Å². The third-order valence-electron chi connectivity index (χ3n) is 0.295. The van der Waals surface area contributed by atoms with Gasteiger partial charge in [-0.15, -0.1) is 0 Å². The smallest absolute Gasteiger partial charge is 0.220 e. The first kappa shape index (κ1) is 5.10. The van der Waals surface area contributed by atoms with Crippen LogP contribution in [0.15, 0.2) is 6.33 Å². The second-order valence-corrected chi connectivity index (χ2v) is 0.599. The molecule has 3 N–H and O–H groups in total. The molecule has 0 spiro atoms. The van der Waals surface area contributed by atoms with Crippen molar-refractivity contribution in [3.8, 4) is 0 Å². The van der Waals surface area contributed by atoms with E-state index in [1.54, 1.807) is 0 Å². The average Bonchev–Trinajstić information content (AvgIpc) is 1.76. The SMILES string of the molecule is O.[c]1nc[nH]n1. The maximum absolute atomic E-state index is 3.43. The van der Waals surface area contributed by atoms with E-state index in [1.807, 2.05) is 0 Å². The van der Waals surface area contributed by atoms with Crippen molar-refractivity contribution in [2.75, 3.05) is 0 Å². The molecule has 0 amide bonds. The minimum atomic E-state index is 0. The molecule has 4 nitrogen and oxygen atoms in total. The van der Waals surface area contributed by atoms with Gasteiger partial charge in [0.05, 0.1) is 0 Å². The first-order chi connectivity index (χ1) is 2.50. The Hall–Kier alpha value is -0.900. The summed E-state index contributed by atoms with van der Waals surface area (Å²) in [6.07, 6.45) is 3.76. The van der Waals surface area contributed by atoms with Crippen LogP contribution in [0.2, 0.25) is 0 Å². The number of nitrogens with one attached hydrogen (secondary N) is 1. The summed E-state index contributed by atoms with van der Waals surface area (Å²) in [4.78, 5) is 3.43. The van der Waals surface area contributed by atoms with Crippen LogP contribution in [0.4, 0.5) is 0 Å². The van der Waals surface area contributed by atoms with Gasteiger partial charge in [-0.3, -0.25) is 5.10 Å². The predicted octanol–water partition coefficient (Wildman–Crippen LogP) is -1.22. The minimum Gasteiger partial charge on any atom is -0.412 e. The Morgan fingerprint density at radius 3 is 2.67 bits per heavy atom. The molecule has 0 atom stereocenters. The van der Waals surface area contributed by atoms with Crippen molar-refractivity contribution in [1.82, 2.24) is 15.2 Å². The second-order valence-electron chi connectivity index (χ2n) is 0.599. The standard InChI is InChI=1S/C2H2N3.H2O/c1-3-2-5-4-1;/h1H,(H,3,4,5);1H2. The van der Waals surface area contributed by atoms with Gasteiger partial charge in [0, 0.05) is 0 Å². The highest BCUT2D eigenvalue weighted by Gasteiger charge is 1.59. The van der Waals surface area contributed by atoms with E-state index in [9.17, 15) is 0 Å². The lowest BCUT2D eigenvalue weighted by Crippen LogP contribution is -1.54. The van der Waals surface area contributed by atoms with E-state index in [2.05, 4.69) is 21.5 Å². The highest BCUT2D eigenvalue weighted by atomic mass is 16.0. The molecule has 0 aliphatic carbocycles. The van der Waals surface area contributed by atoms with E-state index >= 15 is 0 Å². The van der Waals surface area contributed by atoms with Crippen molar-refractivity contribution >= 4 is 0 Å². The van der Waals surface area contributed by atoms with Gasteiger partial charge in [0.15, 0.2) is 0 Å². The highest BCUT2D eigenvalue weighted by molar-refractivity contribution is 4.40. The Labute approximate surface area is 34.5 Å². The molecule has 0 saturated carbocycles. The number of hydrogen-bond donors (Lipinski definition) is 1. The number of hydrogen-bond acceptors (Lipinski definition) is 2. The summed E-state index contributed by atoms with van der Waals surface area (Å²) in [6, 6.07) is 0. The molecule has 0 saturated heterocycles. The lowest BCUT2D eigenvalue weighted by Gasteiger charge is -1.45. The lowest BCUT2D eigenvalue weighted by atomic mass is 11.3. The number of aromatic amines is 1. The molecule has 0 bridgehead atoms. The average molecular weight is 86.1 g/mol. The van der Waals surface area contributed by atoms with Crippen LogP contribution in [0.25, 0.3) is 0 Å². The van der Waals surface area contributed by atoms with E-state index in [0.717, 1.165) is 0 Å². The van der Waals surface area contributed by atoms with Gasteiger partial charge in [-0.25, -0.2) is 4.98 Å². The van der Waals surface area contributed by atoms with Crippen molar-refractivity contribution in [2.24, 2.45) is 0 Å². The van der Waals surface area contributed by atoms with Gasteiger partial charge in [-0.1, -0.05) is 0 Å². The summed E-state index contributed by atoms with van der Waals surface area (Å²) in [5.41, 5.74) is 0. The quantitative estimate of drug-likeness (QED) is 0.429. The molecule has 0 aliphatic rings. The number of aromatic nitrogens is 3. The molecular formula is C2H4N3O. The van der Waals surface area contributed by atoms with Crippen LogP contribution in [0.5, 0.6) is 0 Å². The Morgan fingerprint density at radius 2 is 2.50 bits per heavy atom. The van der Waals surface area contributed by atoms with Crippen LogP contribution in [0, 0.1) is 6.33 Å². The zero-order valence-electron chi connectivity index (χ0n) is 2.97. The minimum absolute atomic E-state index is 0. The topological polar surface area (TPSA) is 73.1 Å². The van der Waals surface area contributed by atoms with E-state index in [1.165, 1.54) is 6.33 Å². The number of nitrogens with zero attached hydrogens (tertiary/aromatic N) is 2. The normalized spacial score (nSPS) is 6.67. The van der Waals surface area contributed by atoms with Gasteiger partial charge < -0.3 is 5.48 Å². The zero-order chi connectivity index (χ0) is 3.54. The van der Waals surface area contributed by atoms with Gasteiger partial charge in [-0.2, -0.15) is 5.10 Å². The molecule has 1 rings (SSSR count). The third kappa shape index (κ3) is 0.813. The van der Waals surface area contributed by atoms with Crippen molar-refractivity contribution in [3.63, 3.8) is 0 Å². The molecule has 0 aromatic carbocycles. The zero-order valence-corrected chi connectivity index (χ0v) is 2.97. The fraction of sp³-hybridized carbons (Fsp3) is 0. The molecule has 1 aromatic rings.